The summed E-state index contributed by atoms with van der Waals surface area (Å²) >= 11 is 0. The van der Waals surface area contributed by atoms with E-state index in [9.17, 15) is 26.4 Å². The Morgan fingerprint density at radius 2 is 1.87 bits per heavy atom. The summed E-state index contributed by atoms with van der Waals surface area (Å²) in [6.45, 7) is -0.315. The maximum atomic E-state index is 11.8. The van der Waals surface area contributed by atoms with E-state index in [-0.39, 0.29) is 13.0 Å². The van der Waals surface area contributed by atoms with Gasteiger partial charge >= 0.3 is 12.1 Å². The largest absolute Gasteiger partial charge is 0.471 e. The maximum Gasteiger partial charge on any atom is 0.471 e. The van der Waals surface area contributed by atoms with Crippen molar-refractivity contribution in [3.8, 4) is 0 Å². The maximum absolute atomic E-state index is 11.8. The molecule has 0 aromatic rings. The van der Waals surface area contributed by atoms with Crippen LogP contribution in [0.4, 0.5) is 13.2 Å². The molecule has 0 heterocycles. The van der Waals surface area contributed by atoms with Crippen LogP contribution in [0.3, 0.4) is 0 Å². The first-order valence-electron chi connectivity index (χ1n) is 3.78. The minimum Gasteiger partial charge on any atom is -0.338 e. The molecule has 0 saturated heterocycles. The highest BCUT2D eigenvalue weighted by Gasteiger charge is 2.40. The monoisotopic (exact) mass is 267 g/mol. The standard InChI is InChI=1S/C6H9ClF3NO3S/c1-11(5(12)6(8,9)10)3-2-4-15(7,13)14/h2-4H2,1H3. The fourth-order valence-electron chi connectivity index (χ4n) is 0.792. The van der Waals surface area contributed by atoms with Crippen LogP contribution < -0.4 is 0 Å². The van der Waals surface area contributed by atoms with Gasteiger partial charge in [-0.25, -0.2) is 8.42 Å². The van der Waals surface area contributed by atoms with Gasteiger partial charge in [0.2, 0.25) is 9.05 Å². The van der Waals surface area contributed by atoms with Crippen molar-refractivity contribution >= 4 is 25.6 Å². The summed E-state index contributed by atoms with van der Waals surface area (Å²) in [7, 11) is 2.05. The number of carbonyl (C=O) groups is 1. The number of rotatable bonds is 4. The van der Waals surface area contributed by atoms with Gasteiger partial charge in [0.1, 0.15) is 0 Å². The Hall–Kier alpha value is -0.500. The number of hydrogen-bond acceptors (Lipinski definition) is 3. The van der Waals surface area contributed by atoms with E-state index in [2.05, 4.69) is 0 Å². The molecule has 0 bridgehead atoms. The lowest BCUT2D eigenvalue weighted by molar-refractivity contribution is -0.184. The molecule has 15 heavy (non-hydrogen) atoms. The van der Waals surface area contributed by atoms with Crippen molar-refractivity contribution < 1.29 is 26.4 Å². The van der Waals surface area contributed by atoms with E-state index in [0.29, 0.717) is 4.90 Å². The Morgan fingerprint density at radius 1 is 1.40 bits per heavy atom. The Morgan fingerprint density at radius 3 is 2.20 bits per heavy atom. The summed E-state index contributed by atoms with van der Waals surface area (Å²) in [6.07, 6.45) is -5.07. The van der Waals surface area contributed by atoms with Crippen molar-refractivity contribution in [3.63, 3.8) is 0 Å². The average Bonchev–Trinajstić information content (AvgIpc) is 1.98. The molecule has 0 aliphatic heterocycles. The number of alkyl halides is 3. The second-order valence-electron chi connectivity index (χ2n) is 2.82. The van der Waals surface area contributed by atoms with Crippen molar-refractivity contribution in [3.05, 3.63) is 0 Å². The van der Waals surface area contributed by atoms with Crippen LogP contribution in [0.2, 0.25) is 0 Å². The number of halogens is 4. The predicted octanol–water partition coefficient (Wildman–Crippen LogP) is 0.966. The SMILES string of the molecule is CN(CCCS(=O)(=O)Cl)C(=O)C(F)(F)F. The second kappa shape index (κ2) is 5.02. The molecule has 0 spiro atoms. The smallest absolute Gasteiger partial charge is 0.338 e. The van der Waals surface area contributed by atoms with E-state index in [1.54, 1.807) is 0 Å². The third kappa shape index (κ3) is 6.56. The van der Waals surface area contributed by atoms with Gasteiger partial charge < -0.3 is 4.90 Å². The lowest BCUT2D eigenvalue weighted by Gasteiger charge is -2.17. The van der Waals surface area contributed by atoms with Crippen LogP contribution in [0.15, 0.2) is 0 Å². The van der Waals surface area contributed by atoms with Crippen LogP contribution in [-0.4, -0.2) is 44.7 Å². The van der Waals surface area contributed by atoms with Gasteiger partial charge in [-0.1, -0.05) is 0 Å². The van der Waals surface area contributed by atoms with Crippen LogP contribution in [0.1, 0.15) is 6.42 Å². The van der Waals surface area contributed by atoms with E-state index in [1.807, 2.05) is 0 Å². The van der Waals surface area contributed by atoms with Gasteiger partial charge in [0.15, 0.2) is 0 Å². The molecular weight excluding hydrogens is 259 g/mol. The molecule has 0 unspecified atom stereocenters. The van der Waals surface area contributed by atoms with Crippen molar-refractivity contribution in [2.45, 2.75) is 12.6 Å². The van der Waals surface area contributed by atoms with Crippen LogP contribution in [0.5, 0.6) is 0 Å². The highest BCUT2D eigenvalue weighted by molar-refractivity contribution is 8.13. The van der Waals surface area contributed by atoms with E-state index in [4.69, 9.17) is 10.7 Å². The molecule has 0 fully saturated rings. The fourth-order valence-corrected chi connectivity index (χ4v) is 1.59. The zero-order valence-electron chi connectivity index (χ0n) is 7.71. The number of nitrogens with zero attached hydrogens (tertiary/aromatic N) is 1. The molecule has 90 valence electrons. The quantitative estimate of drug-likeness (QED) is 0.713. The molecule has 4 nitrogen and oxygen atoms in total. The molecule has 0 saturated carbocycles. The molecule has 0 aromatic carbocycles. The second-order valence-corrected chi connectivity index (χ2v) is 5.72. The summed E-state index contributed by atoms with van der Waals surface area (Å²) in [5, 5.41) is 0. The first-order chi connectivity index (χ1) is 6.54. The van der Waals surface area contributed by atoms with E-state index >= 15 is 0 Å². The summed E-state index contributed by atoms with van der Waals surface area (Å²) in [5.41, 5.74) is 0. The van der Waals surface area contributed by atoms with Gasteiger partial charge in [0.05, 0.1) is 5.75 Å². The molecule has 0 radical (unpaired) electrons. The Balaban J connectivity index is 4.06. The Labute approximate surface area is 89.4 Å². The highest BCUT2D eigenvalue weighted by atomic mass is 35.7. The molecule has 1 amide bonds. The van der Waals surface area contributed by atoms with Crippen LogP contribution in [0, 0.1) is 0 Å². The minimum atomic E-state index is -4.94. The van der Waals surface area contributed by atoms with Gasteiger partial charge in [-0.15, -0.1) is 0 Å². The summed E-state index contributed by atoms with van der Waals surface area (Å²) in [5.74, 6) is -2.47. The van der Waals surface area contributed by atoms with Gasteiger partial charge in [0, 0.05) is 24.3 Å². The van der Waals surface area contributed by atoms with Gasteiger partial charge in [0.25, 0.3) is 0 Å². The summed E-state index contributed by atoms with van der Waals surface area (Å²) < 4.78 is 56.3. The van der Waals surface area contributed by atoms with E-state index in [0.717, 1.165) is 7.05 Å². The van der Waals surface area contributed by atoms with Crippen molar-refractivity contribution in [1.29, 1.82) is 0 Å². The van der Waals surface area contributed by atoms with Crippen molar-refractivity contribution in [2.75, 3.05) is 19.3 Å². The van der Waals surface area contributed by atoms with Crippen LogP contribution >= 0.6 is 10.7 Å². The zero-order valence-corrected chi connectivity index (χ0v) is 9.29. The zero-order chi connectivity index (χ0) is 12.3. The molecular formula is C6H9ClF3NO3S. The van der Waals surface area contributed by atoms with Crippen LogP contribution in [0.25, 0.3) is 0 Å². The van der Waals surface area contributed by atoms with E-state index < -0.39 is 26.9 Å². The number of carbonyl (C=O) groups excluding carboxylic acids is 1. The third-order valence-corrected chi connectivity index (χ3v) is 2.71. The summed E-state index contributed by atoms with van der Waals surface area (Å²) in [6, 6.07) is 0. The average molecular weight is 268 g/mol. The molecule has 9 heteroatoms. The Bertz CT molecular complexity index is 327. The normalized spacial score (nSPS) is 12.6. The molecule has 0 aromatic heterocycles. The van der Waals surface area contributed by atoms with E-state index in [1.165, 1.54) is 0 Å². The minimum absolute atomic E-state index is 0.135. The number of amides is 1. The van der Waals surface area contributed by atoms with Crippen molar-refractivity contribution in [2.24, 2.45) is 0 Å². The molecule has 0 atom stereocenters. The fraction of sp³-hybridized carbons (Fsp3) is 0.833. The van der Waals surface area contributed by atoms with Gasteiger partial charge in [-0.2, -0.15) is 13.2 Å². The Kier molecular flexibility index (Phi) is 4.85. The molecule has 0 aliphatic carbocycles. The first kappa shape index (κ1) is 14.5. The molecule has 0 aliphatic rings. The summed E-state index contributed by atoms with van der Waals surface area (Å²) in [4.78, 5) is 10.9. The number of hydrogen-bond donors (Lipinski definition) is 0. The lowest BCUT2D eigenvalue weighted by Crippen LogP contribution is -2.39. The van der Waals surface area contributed by atoms with Crippen molar-refractivity contribution in [1.82, 2.24) is 4.90 Å². The lowest BCUT2D eigenvalue weighted by atomic mass is 10.4. The predicted molar refractivity (Wildman–Crippen MR) is 47.9 cm³/mol. The molecule has 0 N–H and O–H groups in total. The molecule has 0 rings (SSSR count). The first-order valence-corrected chi connectivity index (χ1v) is 6.26. The topological polar surface area (TPSA) is 54.5 Å². The third-order valence-electron chi connectivity index (χ3n) is 1.47. The highest BCUT2D eigenvalue weighted by Crippen LogP contribution is 2.17. The van der Waals surface area contributed by atoms with Gasteiger partial charge in [-0.3, -0.25) is 4.79 Å². The van der Waals surface area contributed by atoms with Crippen LogP contribution in [-0.2, 0) is 13.8 Å². The van der Waals surface area contributed by atoms with Gasteiger partial charge in [-0.05, 0) is 6.42 Å².